The Morgan fingerprint density at radius 2 is 1.67 bits per heavy atom. The van der Waals surface area contributed by atoms with Gasteiger partial charge in [0.2, 0.25) is 0 Å². The molecule has 0 aromatic rings. The maximum absolute atomic E-state index is 10.6. The molecule has 0 aromatic heterocycles. The Morgan fingerprint density at radius 3 is 2.48 bits per heavy atom. The monoisotopic (exact) mass is 376 g/mol. The number of aliphatic hydroxyl groups is 1. The summed E-state index contributed by atoms with van der Waals surface area (Å²) >= 11 is 0. The minimum absolute atomic E-state index is 0.0476. The zero-order valence-electron chi connectivity index (χ0n) is 17.5. The van der Waals surface area contributed by atoms with Gasteiger partial charge in [-0.15, -0.1) is 0 Å². The van der Waals surface area contributed by atoms with Gasteiger partial charge in [-0.3, -0.25) is 0 Å². The van der Waals surface area contributed by atoms with Gasteiger partial charge in [0.25, 0.3) is 0 Å². The molecule has 0 bridgehead atoms. The van der Waals surface area contributed by atoms with E-state index in [2.05, 4.69) is 13.8 Å². The average molecular weight is 377 g/mol. The SMILES string of the molecule is C[C@]12CC[C@@H](O[C@@H]3CCCCO3)C[C@H]1CC[C@H]1[C@H]2CC[C@]2(C)[C@H](O)CC[C@H]12. The van der Waals surface area contributed by atoms with Crippen LogP contribution in [-0.4, -0.2) is 30.2 Å². The summed E-state index contributed by atoms with van der Waals surface area (Å²) in [5.74, 6) is 3.35. The lowest BCUT2D eigenvalue weighted by Crippen LogP contribution is -2.54. The van der Waals surface area contributed by atoms with Crippen LogP contribution in [0, 0.1) is 34.5 Å². The van der Waals surface area contributed by atoms with E-state index in [9.17, 15) is 5.11 Å². The Morgan fingerprint density at radius 1 is 0.852 bits per heavy atom. The molecule has 3 heteroatoms. The molecule has 1 saturated heterocycles. The third kappa shape index (κ3) is 3.02. The molecule has 5 fully saturated rings. The van der Waals surface area contributed by atoms with Crippen molar-refractivity contribution in [2.75, 3.05) is 6.61 Å². The Hall–Kier alpha value is -0.120. The van der Waals surface area contributed by atoms with Crippen molar-refractivity contribution in [1.82, 2.24) is 0 Å². The van der Waals surface area contributed by atoms with Gasteiger partial charge in [0.05, 0.1) is 12.2 Å². The maximum Gasteiger partial charge on any atom is 0.157 e. The van der Waals surface area contributed by atoms with Crippen molar-refractivity contribution in [2.24, 2.45) is 34.5 Å². The van der Waals surface area contributed by atoms with Crippen molar-refractivity contribution in [3.05, 3.63) is 0 Å². The Bertz CT molecular complexity index is 544. The number of hydrogen-bond acceptors (Lipinski definition) is 3. The Labute approximate surface area is 165 Å². The summed E-state index contributed by atoms with van der Waals surface area (Å²) < 4.78 is 12.3. The van der Waals surface area contributed by atoms with E-state index in [0.29, 0.717) is 11.5 Å². The second-order valence-electron chi connectivity index (χ2n) is 11.1. The molecule has 27 heavy (non-hydrogen) atoms. The molecule has 0 spiro atoms. The highest BCUT2D eigenvalue weighted by Crippen LogP contribution is 2.66. The third-order valence-corrected chi connectivity index (χ3v) is 10.0. The van der Waals surface area contributed by atoms with E-state index in [0.717, 1.165) is 43.1 Å². The van der Waals surface area contributed by atoms with Gasteiger partial charge in [0.15, 0.2) is 6.29 Å². The van der Waals surface area contributed by atoms with Crippen LogP contribution in [0.3, 0.4) is 0 Å². The minimum atomic E-state index is -0.0476. The van der Waals surface area contributed by atoms with E-state index in [4.69, 9.17) is 9.47 Å². The molecule has 3 nitrogen and oxygen atoms in total. The Kier molecular flexibility index (Phi) is 4.89. The second kappa shape index (κ2) is 6.99. The molecular formula is C24H40O3. The normalized spacial score (nSPS) is 55.4. The molecule has 0 unspecified atom stereocenters. The van der Waals surface area contributed by atoms with Gasteiger partial charge in [-0.25, -0.2) is 0 Å². The van der Waals surface area contributed by atoms with Gasteiger partial charge in [0.1, 0.15) is 0 Å². The molecular weight excluding hydrogens is 336 g/mol. The summed E-state index contributed by atoms with van der Waals surface area (Å²) in [6.45, 7) is 5.90. The smallest absolute Gasteiger partial charge is 0.157 e. The van der Waals surface area contributed by atoms with Gasteiger partial charge in [-0.05, 0) is 112 Å². The van der Waals surface area contributed by atoms with Gasteiger partial charge in [0, 0.05) is 6.61 Å². The highest BCUT2D eigenvalue weighted by atomic mass is 16.7. The highest BCUT2D eigenvalue weighted by Gasteiger charge is 2.60. The zero-order valence-corrected chi connectivity index (χ0v) is 17.5. The first-order valence-corrected chi connectivity index (χ1v) is 12.0. The third-order valence-electron chi connectivity index (χ3n) is 10.0. The van der Waals surface area contributed by atoms with Crippen molar-refractivity contribution in [2.45, 2.75) is 109 Å². The van der Waals surface area contributed by atoms with E-state index >= 15 is 0 Å². The van der Waals surface area contributed by atoms with E-state index in [1.54, 1.807) is 0 Å². The van der Waals surface area contributed by atoms with Gasteiger partial charge in [-0.1, -0.05) is 13.8 Å². The highest BCUT2D eigenvalue weighted by molar-refractivity contribution is 5.09. The molecule has 0 aromatic carbocycles. The largest absolute Gasteiger partial charge is 0.393 e. The van der Waals surface area contributed by atoms with E-state index < -0.39 is 0 Å². The van der Waals surface area contributed by atoms with Crippen molar-refractivity contribution in [1.29, 1.82) is 0 Å². The summed E-state index contributed by atoms with van der Waals surface area (Å²) in [5, 5.41) is 10.6. The molecule has 4 aliphatic carbocycles. The van der Waals surface area contributed by atoms with Gasteiger partial charge in [-0.2, -0.15) is 0 Å². The summed E-state index contributed by atoms with van der Waals surface area (Å²) in [7, 11) is 0. The Balaban J connectivity index is 1.27. The molecule has 4 saturated carbocycles. The maximum atomic E-state index is 10.6. The fraction of sp³-hybridized carbons (Fsp3) is 1.00. The summed E-state index contributed by atoms with van der Waals surface area (Å²) in [6.07, 6.45) is 15.5. The standard InChI is InChI=1S/C24H40O3/c1-23-12-10-17(27-22-5-3-4-14-26-22)15-16(23)6-7-18-19-8-9-21(25)24(19,2)13-11-20(18)23/h16-22,25H,3-15H2,1-2H3/t16-,17-,18-,19-,20-,21-,22-,23+,24+/m1/s1. The minimum Gasteiger partial charge on any atom is -0.393 e. The summed E-state index contributed by atoms with van der Waals surface area (Å²) in [6, 6.07) is 0. The van der Waals surface area contributed by atoms with Crippen LogP contribution >= 0.6 is 0 Å². The van der Waals surface area contributed by atoms with Crippen LogP contribution in [0.25, 0.3) is 0 Å². The summed E-state index contributed by atoms with van der Waals surface area (Å²) in [5.41, 5.74) is 0.716. The molecule has 1 N–H and O–H groups in total. The van der Waals surface area contributed by atoms with Crippen LogP contribution in [0.5, 0.6) is 0 Å². The molecule has 5 rings (SSSR count). The average Bonchev–Trinajstić information content (AvgIpc) is 2.98. The molecule has 1 heterocycles. The van der Waals surface area contributed by atoms with Gasteiger partial charge < -0.3 is 14.6 Å². The lowest BCUT2D eigenvalue weighted by atomic mass is 9.45. The zero-order chi connectivity index (χ0) is 18.6. The number of ether oxygens (including phenoxy) is 2. The van der Waals surface area contributed by atoms with Crippen molar-refractivity contribution >= 4 is 0 Å². The van der Waals surface area contributed by atoms with Crippen molar-refractivity contribution in [3.8, 4) is 0 Å². The first-order chi connectivity index (χ1) is 13.0. The number of hydrogen-bond donors (Lipinski definition) is 1. The van der Waals surface area contributed by atoms with E-state index in [1.807, 2.05) is 0 Å². The van der Waals surface area contributed by atoms with Crippen LogP contribution in [0.2, 0.25) is 0 Å². The molecule has 0 amide bonds. The fourth-order valence-electron chi connectivity index (χ4n) is 8.35. The number of aliphatic hydroxyl groups excluding tert-OH is 1. The van der Waals surface area contributed by atoms with Crippen LogP contribution < -0.4 is 0 Å². The quantitative estimate of drug-likeness (QED) is 0.665. The van der Waals surface area contributed by atoms with E-state index in [-0.39, 0.29) is 17.8 Å². The second-order valence-corrected chi connectivity index (χ2v) is 11.1. The number of fused-ring (bicyclic) bond motifs is 5. The predicted octanol–water partition coefficient (Wildman–Crippen LogP) is 5.30. The van der Waals surface area contributed by atoms with Crippen LogP contribution in [0.15, 0.2) is 0 Å². The lowest BCUT2D eigenvalue weighted by Gasteiger charge is -2.61. The molecule has 5 aliphatic rings. The first kappa shape index (κ1) is 18.9. The van der Waals surface area contributed by atoms with E-state index in [1.165, 1.54) is 64.2 Å². The number of rotatable bonds is 2. The molecule has 1 aliphatic heterocycles. The van der Waals surface area contributed by atoms with Gasteiger partial charge >= 0.3 is 0 Å². The molecule has 154 valence electrons. The van der Waals surface area contributed by atoms with Crippen molar-refractivity contribution in [3.63, 3.8) is 0 Å². The van der Waals surface area contributed by atoms with Crippen molar-refractivity contribution < 1.29 is 14.6 Å². The van der Waals surface area contributed by atoms with Crippen LogP contribution in [-0.2, 0) is 9.47 Å². The topological polar surface area (TPSA) is 38.7 Å². The molecule has 0 radical (unpaired) electrons. The first-order valence-electron chi connectivity index (χ1n) is 12.0. The van der Waals surface area contributed by atoms with Crippen LogP contribution in [0.4, 0.5) is 0 Å². The fourth-order valence-corrected chi connectivity index (χ4v) is 8.35. The predicted molar refractivity (Wildman–Crippen MR) is 106 cm³/mol. The lowest BCUT2D eigenvalue weighted by molar-refractivity contribution is -0.212. The molecule has 9 atom stereocenters. The van der Waals surface area contributed by atoms with Crippen LogP contribution in [0.1, 0.15) is 90.9 Å². The summed E-state index contributed by atoms with van der Waals surface area (Å²) in [4.78, 5) is 0.